The van der Waals surface area contributed by atoms with Gasteiger partial charge in [-0.15, -0.1) is 11.6 Å². The molecule has 0 radical (unpaired) electrons. The van der Waals surface area contributed by atoms with Gasteiger partial charge in [-0.3, -0.25) is 4.98 Å². The Morgan fingerprint density at radius 2 is 2.27 bits per heavy atom. The van der Waals surface area contributed by atoms with Crippen LogP contribution in [0.1, 0.15) is 18.3 Å². The van der Waals surface area contributed by atoms with E-state index in [0.29, 0.717) is 0 Å². The smallest absolute Gasteiger partial charge is 0.0421 e. The van der Waals surface area contributed by atoms with E-state index < -0.39 is 0 Å². The third-order valence-electron chi connectivity index (χ3n) is 1.44. The zero-order valence-electron chi connectivity index (χ0n) is 6.84. The molecule has 2 heteroatoms. The van der Waals surface area contributed by atoms with Crippen molar-refractivity contribution in [2.45, 2.75) is 25.6 Å². The van der Waals surface area contributed by atoms with Gasteiger partial charge in [0.2, 0.25) is 0 Å². The van der Waals surface area contributed by atoms with E-state index in [9.17, 15) is 0 Å². The molecule has 0 aliphatic heterocycles. The summed E-state index contributed by atoms with van der Waals surface area (Å²) in [7, 11) is 0. The van der Waals surface area contributed by atoms with Gasteiger partial charge in [-0.1, -0.05) is 6.07 Å². The van der Waals surface area contributed by atoms with Gasteiger partial charge in [0.25, 0.3) is 0 Å². The Hall–Kier alpha value is -0.560. The lowest BCUT2D eigenvalue weighted by molar-refractivity contribution is 0.882. The van der Waals surface area contributed by atoms with Crippen molar-refractivity contribution in [3.63, 3.8) is 0 Å². The van der Waals surface area contributed by atoms with E-state index in [1.165, 1.54) is 0 Å². The summed E-state index contributed by atoms with van der Waals surface area (Å²) in [5, 5.41) is 0.171. The molecular weight excluding hydrogens is 158 g/mol. The molecule has 1 aromatic heterocycles. The summed E-state index contributed by atoms with van der Waals surface area (Å²) < 4.78 is 0. The van der Waals surface area contributed by atoms with Gasteiger partial charge < -0.3 is 0 Å². The molecule has 0 spiro atoms. The highest BCUT2D eigenvalue weighted by atomic mass is 35.5. The number of alkyl halides is 1. The molecule has 1 aromatic rings. The SMILES string of the molecule is Cc1cccc(CC(C)Cl)n1. The predicted octanol–water partition coefficient (Wildman–Crippen LogP) is 2.56. The minimum Gasteiger partial charge on any atom is -0.258 e. The van der Waals surface area contributed by atoms with Crippen molar-refractivity contribution in [1.82, 2.24) is 4.98 Å². The molecule has 0 aromatic carbocycles. The Labute approximate surface area is 72.4 Å². The maximum atomic E-state index is 5.82. The average molecular weight is 170 g/mol. The number of hydrogen-bond acceptors (Lipinski definition) is 1. The second-order valence-corrected chi connectivity index (χ2v) is 3.50. The van der Waals surface area contributed by atoms with Crippen LogP contribution in [0.25, 0.3) is 0 Å². The van der Waals surface area contributed by atoms with E-state index in [0.717, 1.165) is 17.8 Å². The first-order chi connectivity index (χ1) is 5.18. The lowest BCUT2D eigenvalue weighted by Gasteiger charge is -2.02. The molecule has 60 valence electrons. The van der Waals surface area contributed by atoms with Gasteiger partial charge >= 0.3 is 0 Å². The Kier molecular flexibility index (Phi) is 2.89. The molecule has 0 bridgehead atoms. The van der Waals surface area contributed by atoms with Gasteiger partial charge in [-0.25, -0.2) is 0 Å². The molecule has 11 heavy (non-hydrogen) atoms. The highest BCUT2D eigenvalue weighted by molar-refractivity contribution is 6.20. The van der Waals surface area contributed by atoms with Crippen molar-refractivity contribution in [3.8, 4) is 0 Å². The summed E-state index contributed by atoms with van der Waals surface area (Å²) in [5.74, 6) is 0. The highest BCUT2D eigenvalue weighted by Gasteiger charge is 1.99. The minimum absolute atomic E-state index is 0.171. The molecule has 0 aliphatic carbocycles. The van der Waals surface area contributed by atoms with Crippen molar-refractivity contribution in [2.24, 2.45) is 0 Å². The van der Waals surface area contributed by atoms with Crippen LogP contribution in [0.15, 0.2) is 18.2 Å². The number of pyridine rings is 1. The van der Waals surface area contributed by atoms with Crippen LogP contribution in [0, 0.1) is 6.92 Å². The number of halogens is 1. The lowest BCUT2D eigenvalue weighted by Crippen LogP contribution is -1.99. The zero-order chi connectivity index (χ0) is 8.27. The van der Waals surface area contributed by atoms with Crippen LogP contribution in [0.2, 0.25) is 0 Å². The van der Waals surface area contributed by atoms with Crippen molar-refractivity contribution >= 4 is 11.6 Å². The number of aromatic nitrogens is 1. The lowest BCUT2D eigenvalue weighted by atomic mass is 10.2. The van der Waals surface area contributed by atoms with Crippen LogP contribution in [0.4, 0.5) is 0 Å². The van der Waals surface area contributed by atoms with Gasteiger partial charge in [0.15, 0.2) is 0 Å². The van der Waals surface area contributed by atoms with E-state index in [-0.39, 0.29) is 5.38 Å². The van der Waals surface area contributed by atoms with Crippen LogP contribution in [-0.4, -0.2) is 10.4 Å². The molecule has 0 amide bonds. The topological polar surface area (TPSA) is 12.9 Å². The first-order valence-corrected chi connectivity index (χ1v) is 4.19. The van der Waals surface area contributed by atoms with Crippen molar-refractivity contribution in [1.29, 1.82) is 0 Å². The summed E-state index contributed by atoms with van der Waals surface area (Å²) in [6, 6.07) is 6.01. The zero-order valence-corrected chi connectivity index (χ0v) is 7.60. The summed E-state index contributed by atoms with van der Waals surface area (Å²) >= 11 is 5.82. The summed E-state index contributed by atoms with van der Waals surface area (Å²) in [4.78, 5) is 4.33. The highest BCUT2D eigenvalue weighted by Crippen LogP contribution is 2.05. The quantitative estimate of drug-likeness (QED) is 0.621. The van der Waals surface area contributed by atoms with Crippen LogP contribution >= 0.6 is 11.6 Å². The van der Waals surface area contributed by atoms with Gasteiger partial charge in [0, 0.05) is 23.2 Å². The van der Waals surface area contributed by atoms with Crippen molar-refractivity contribution in [2.75, 3.05) is 0 Å². The number of hydrogen-bond donors (Lipinski definition) is 0. The molecule has 0 N–H and O–H groups in total. The fraction of sp³-hybridized carbons (Fsp3) is 0.444. The van der Waals surface area contributed by atoms with Gasteiger partial charge in [0.05, 0.1) is 0 Å². The molecule has 1 rings (SSSR count). The molecular formula is C9H12ClN. The van der Waals surface area contributed by atoms with Gasteiger partial charge in [0.1, 0.15) is 0 Å². The Morgan fingerprint density at radius 3 is 2.82 bits per heavy atom. The summed E-state index contributed by atoms with van der Waals surface area (Å²) in [6.07, 6.45) is 0.850. The third-order valence-corrected chi connectivity index (χ3v) is 1.59. The molecule has 1 atom stereocenters. The molecule has 1 unspecified atom stereocenters. The van der Waals surface area contributed by atoms with E-state index in [2.05, 4.69) is 4.98 Å². The van der Waals surface area contributed by atoms with Crippen LogP contribution in [0.5, 0.6) is 0 Å². The Bertz CT molecular complexity index is 233. The number of nitrogens with zero attached hydrogens (tertiary/aromatic N) is 1. The summed E-state index contributed by atoms with van der Waals surface area (Å²) in [6.45, 7) is 3.97. The van der Waals surface area contributed by atoms with Crippen LogP contribution in [-0.2, 0) is 6.42 Å². The maximum Gasteiger partial charge on any atom is 0.0421 e. The summed E-state index contributed by atoms with van der Waals surface area (Å²) in [5.41, 5.74) is 2.13. The molecule has 1 heterocycles. The van der Waals surface area contributed by atoms with Crippen LogP contribution < -0.4 is 0 Å². The largest absolute Gasteiger partial charge is 0.258 e. The molecule has 0 saturated heterocycles. The second-order valence-electron chi connectivity index (χ2n) is 2.76. The van der Waals surface area contributed by atoms with Gasteiger partial charge in [-0.05, 0) is 26.0 Å². The molecule has 1 nitrogen and oxygen atoms in total. The number of aryl methyl sites for hydroxylation is 1. The Morgan fingerprint density at radius 1 is 1.55 bits per heavy atom. The van der Waals surface area contributed by atoms with E-state index >= 15 is 0 Å². The average Bonchev–Trinajstić information content (AvgIpc) is 1.85. The molecule has 0 fully saturated rings. The van der Waals surface area contributed by atoms with E-state index in [1.807, 2.05) is 32.0 Å². The minimum atomic E-state index is 0.171. The van der Waals surface area contributed by atoms with E-state index in [1.54, 1.807) is 0 Å². The standard InChI is InChI=1S/C9H12ClN/c1-7(10)6-9-5-3-4-8(2)11-9/h3-5,7H,6H2,1-2H3. The first kappa shape index (κ1) is 8.54. The molecule has 0 aliphatic rings. The van der Waals surface area contributed by atoms with Crippen molar-refractivity contribution < 1.29 is 0 Å². The fourth-order valence-corrected chi connectivity index (χ4v) is 1.16. The predicted molar refractivity (Wildman–Crippen MR) is 48.0 cm³/mol. The van der Waals surface area contributed by atoms with Gasteiger partial charge in [-0.2, -0.15) is 0 Å². The van der Waals surface area contributed by atoms with Crippen LogP contribution in [0.3, 0.4) is 0 Å². The normalized spacial score (nSPS) is 13.0. The first-order valence-electron chi connectivity index (χ1n) is 3.75. The third kappa shape index (κ3) is 2.89. The van der Waals surface area contributed by atoms with Crippen molar-refractivity contribution in [3.05, 3.63) is 29.6 Å². The Balaban J connectivity index is 2.71. The second kappa shape index (κ2) is 3.72. The maximum absolute atomic E-state index is 5.82. The fourth-order valence-electron chi connectivity index (χ4n) is 1.00. The monoisotopic (exact) mass is 169 g/mol. The number of rotatable bonds is 2. The van der Waals surface area contributed by atoms with E-state index in [4.69, 9.17) is 11.6 Å². The molecule has 0 saturated carbocycles.